The van der Waals surface area contributed by atoms with Gasteiger partial charge in [-0.1, -0.05) is 6.07 Å². The Bertz CT molecular complexity index is 935. The van der Waals surface area contributed by atoms with Crippen molar-refractivity contribution in [1.82, 2.24) is 14.9 Å². The van der Waals surface area contributed by atoms with Crippen LogP contribution in [0.4, 0.5) is 5.95 Å². The molecule has 8 heteroatoms. The zero-order chi connectivity index (χ0) is 20.5. The van der Waals surface area contributed by atoms with E-state index in [0.29, 0.717) is 44.3 Å². The van der Waals surface area contributed by atoms with E-state index in [1.54, 1.807) is 13.2 Å². The Balaban J connectivity index is 1.54. The van der Waals surface area contributed by atoms with Crippen molar-refractivity contribution in [1.29, 1.82) is 0 Å². The first-order chi connectivity index (χ1) is 13.9. The number of aromatic nitrogens is 2. The molecule has 2 aromatic rings. The number of nitrogens with one attached hydrogen (secondary N) is 1. The first-order valence-corrected chi connectivity index (χ1v) is 10.0. The van der Waals surface area contributed by atoms with E-state index in [-0.39, 0.29) is 23.5 Å². The Morgan fingerprint density at radius 3 is 2.76 bits per heavy atom. The third-order valence-electron chi connectivity index (χ3n) is 5.55. The number of methoxy groups -OCH3 is 1. The summed E-state index contributed by atoms with van der Waals surface area (Å²) in [5.74, 6) is 1.46. The number of morpholine rings is 1. The normalized spacial score (nSPS) is 22.4. The summed E-state index contributed by atoms with van der Waals surface area (Å²) in [6.45, 7) is 7.38. The number of fused-ring (bicyclic) bond motifs is 1. The lowest BCUT2D eigenvalue weighted by Crippen LogP contribution is -2.47. The lowest BCUT2D eigenvalue weighted by Gasteiger charge is -2.36. The van der Waals surface area contributed by atoms with E-state index in [1.165, 1.54) is 0 Å². The Labute approximate surface area is 170 Å². The van der Waals surface area contributed by atoms with Crippen molar-refractivity contribution in [2.24, 2.45) is 0 Å². The van der Waals surface area contributed by atoms with Crippen molar-refractivity contribution in [2.45, 2.75) is 45.6 Å². The number of nitrogens with zero attached hydrogens (tertiary/aromatic N) is 3. The minimum absolute atomic E-state index is 0.0521. The van der Waals surface area contributed by atoms with Crippen molar-refractivity contribution in [3.8, 4) is 11.5 Å². The Morgan fingerprint density at radius 1 is 1.31 bits per heavy atom. The lowest BCUT2D eigenvalue weighted by molar-refractivity contribution is -0.00576. The van der Waals surface area contributed by atoms with Crippen LogP contribution < -0.4 is 15.2 Å². The van der Waals surface area contributed by atoms with Gasteiger partial charge in [0.05, 0.1) is 25.0 Å². The highest BCUT2D eigenvalue weighted by Gasteiger charge is 2.27. The molecule has 0 aliphatic carbocycles. The molecule has 2 atom stereocenters. The van der Waals surface area contributed by atoms with E-state index in [2.05, 4.69) is 14.8 Å². The van der Waals surface area contributed by atoms with Gasteiger partial charge in [0.2, 0.25) is 5.95 Å². The van der Waals surface area contributed by atoms with Crippen LogP contribution in [0.1, 0.15) is 30.7 Å². The lowest BCUT2D eigenvalue weighted by atomic mass is 10.1. The Hall–Kier alpha value is -2.58. The molecule has 3 heterocycles. The summed E-state index contributed by atoms with van der Waals surface area (Å²) in [7, 11) is 1.58. The van der Waals surface area contributed by atoms with Gasteiger partial charge in [-0.25, -0.2) is 4.98 Å². The zero-order valence-corrected chi connectivity index (χ0v) is 17.1. The number of hydrogen-bond donors (Lipinski definition) is 2. The molecular weight excluding hydrogens is 372 g/mol. The van der Waals surface area contributed by atoms with Gasteiger partial charge in [-0.15, -0.1) is 0 Å². The predicted octanol–water partition coefficient (Wildman–Crippen LogP) is 1.66. The number of aromatic amines is 1. The van der Waals surface area contributed by atoms with Crippen LogP contribution in [-0.2, 0) is 24.2 Å². The minimum Gasteiger partial charge on any atom is -0.507 e. The fraction of sp³-hybridized carbons (Fsp3) is 0.524. The number of hydrogen-bond acceptors (Lipinski definition) is 7. The highest BCUT2D eigenvalue weighted by Crippen LogP contribution is 2.26. The van der Waals surface area contributed by atoms with Crippen LogP contribution in [0, 0.1) is 0 Å². The second kappa shape index (κ2) is 8.04. The Kier molecular flexibility index (Phi) is 5.47. The summed E-state index contributed by atoms with van der Waals surface area (Å²) in [6, 6.07) is 5.33. The number of phenols is 1. The molecule has 1 aromatic carbocycles. The summed E-state index contributed by atoms with van der Waals surface area (Å²) in [5.41, 5.74) is 2.35. The van der Waals surface area contributed by atoms with E-state index >= 15 is 0 Å². The Morgan fingerprint density at radius 2 is 2.07 bits per heavy atom. The maximum Gasteiger partial charge on any atom is 0.255 e. The van der Waals surface area contributed by atoms with Crippen LogP contribution in [0.5, 0.6) is 11.5 Å². The third-order valence-corrected chi connectivity index (χ3v) is 5.55. The van der Waals surface area contributed by atoms with Gasteiger partial charge in [-0.05, 0) is 26.3 Å². The fourth-order valence-electron chi connectivity index (χ4n) is 4.16. The van der Waals surface area contributed by atoms with Crippen molar-refractivity contribution >= 4 is 5.95 Å². The average Bonchev–Trinajstić information content (AvgIpc) is 2.68. The van der Waals surface area contributed by atoms with Gasteiger partial charge in [-0.3, -0.25) is 14.7 Å². The second-order valence-corrected chi connectivity index (χ2v) is 7.93. The van der Waals surface area contributed by atoms with Crippen molar-refractivity contribution in [3.63, 3.8) is 0 Å². The first-order valence-electron chi connectivity index (χ1n) is 10.0. The maximum absolute atomic E-state index is 12.7. The molecule has 1 aromatic heterocycles. The summed E-state index contributed by atoms with van der Waals surface area (Å²) in [4.78, 5) is 24.7. The molecule has 0 spiro atoms. The highest BCUT2D eigenvalue weighted by molar-refractivity contribution is 5.40. The van der Waals surface area contributed by atoms with E-state index in [9.17, 15) is 9.90 Å². The van der Waals surface area contributed by atoms with Crippen LogP contribution in [0.2, 0.25) is 0 Å². The quantitative estimate of drug-likeness (QED) is 0.806. The largest absolute Gasteiger partial charge is 0.507 e. The summed E-state index contributed by atoms with van der Waals surface area (Å²) >= 11 is 0. The van der Waals surface area contributed by atoms with Gasteiger partial charge < -0.3 is 19.5 Å². The molecule has 29 heavy (non-hydrogen) atoms. The van der Waals surface area contributed by atoms with Gasteiger partial charge in [0.15, 0.2) is 0 Å². The molecule has 1 saturated heterocycles. The predicted molar refractivity (Wildman–Crippen MR) is 110 cm³/mol. The molecule has 2 aliphatic rings. The van der Waals surface area contributed by atoms with Crippen molar-refractivity contribution < 1.29 is 14.6 Å². The van der Waals surface area contributed by atoms with Gasteiger partial charge in [-0.2, -0.15) is 0 Å². The third kappa shape index (κ3) is 4.23. The number of phenolic OH excluding ortho intramolecular Hbond substituents is 1. The van der Waals surface area contributed by atoms with E-state index in [4.69, 9.17) is 14.5 Å². The first kappa shape index (κ1) is 19.7. The average molecular weight is 400 g/mol. The second-order valence-electron chi connectivity index (χ2n) is 7.93. The van der Waals surface area contributed by atoms with Gasteiger partial charge in [0.25, 0.3) is 5.56 Å². The number of anilines is 1. The zero-order valence-electron chi connectivity index (χ0n) is 17.1. The number of H-pyrrole nitrogens is 1. The van der Waals surface area contributed by atoms with Crippen molar-refractivity contribution in [3.05, 3.63) is 45.4 Å². The van der Waals surface area contributed by atoms with E-state index in [1.807, 2.05) is 26.0 Å². The molecule has 156 valence electrons. The molecular formula is C21H28N4O4. The highest BCUT2D eigenvalue weighted by atomic mass is 16.5. The number of rotatable bonds is 4. The van der Waals surface area contributed by atoms with Crippen LogP contribution >= 0.6 is 0 Å². The summed E-state index contributed by atoms with van der Waals surface area (Å²) in [6.07, 6.45) is 0.828. The summed E-state index contributed by atoms with van der Waals surface area (Å²) < 4.78 is 10.9. The molecule has 4 rings (SSSR count). The number of aromatic hydroxyl groups is 1. The van der Waals surface area contributed by atoms with Crippen LogP contribution in [-0.4, -0.2) is 58.9 Å². The smallest absolute Gasteiger partial charge is 0.255 e. The molecule has 8 nitrogen and oxygen atoms in total. The number of benzene rings is 1. The monoisotopic (exact) mass is 400 g/mol. The molecule has 0 unspecified atom stereocenters. The van der Waals surface area contributed by atoms with E-state index in [0.717, 1.165) is 23.4 Å². The van der Waals surface area contributed by atoms with Crippen molar-refractivity contribution in [2.75, 3.05) is 31.6 Å². The number of ether oxygens (including phenoxy) is 2. The van der Waals surface area contributed by atoms with Crippen LogP contribution in [0.15, 0.2) is 23.0 Å². The van der Waals surface area contributed by atoms with Crippen LogP contribution in [0.25, 0.3) is 0 Å². The standard InChI is InChI=1S/C21H28N4O4/c1-13-9-25(10-14(2)29-13)21-22-18-12-24(7-6-17(18)20(27)23-21)11-15-4-5-16(28-3)8-19(15)26/h4-5,8,13-14,26H,6-7,9-12H2,1-3H3,(H,22,23,27)/t13-,14+. The molecule has 0 amide bonds. The van der Waals surface area contributed by atoms with E-state index < -0.39 is 0 Å². The topological polar surface area (TPSA) is 90.9 Å². The SMILES string of the molecule is COc1ccc(CN2CCc3c(nc(N4C[C@@H](C)O[C@@H](C)C4)[nH]c3=O)C2)c(O)c1. The molecule has 1 fully saturated rings. The van der Waals surface area contributed by atoms with Gasteiger partial charge in [0, 0.05) is 49.9 Å². The summed E-state index contributed by atoms with van der Waals surface area (Å²) in [5, 5.41) is 10.3. The van der Waals surface area contributed by atoms with Gasteiger partial charge in [0.1, 0.15) is 11.5 Å². The maximum atomic E-state index is 12.7. The molecule has 0 radical (unpaired) electrons. The van der Waals surface area contributed by atoms with Gasteiger partial charge >= 0.3 is 0 Å². The fourth-order valence-corrected chi connectivity index (χ4v) is 4.16. The molecule has 0 saturated carbocycles. The molecule has 2 N–H and O–H groups in total. The van der Waals surface area contributed by atoms with Crippen LogP contribution in [0.3, 0.4) is 0 Å². The molecule has 2 aliphatic heterocycles. The molecule has 0 bridgehead atoms. The minimum atomic E-state index is -0.0521.